The van der Waals surface area contributed by atoms with Gasteiger partial charge >= 0.3 is 0 Å². The van der Waals surface area contributed by atoms with Crippen LogP contribution in [0.5, 0.6) is 23.0 Å². The van der Waals surface area contributed by atoms with Gasteiger partial charge in [0.2, 0.25) is 6.23 Å². The first-order valence-corrected chi connectivity index (χ1v) is 10.7. The predicted octanol–water partition coefficient (Wildman–Crippen LogP) is 5.61. The molecule has 164 valence electrons. The molecule has 3 aromatic rings. The summed E-state index contributed by atoms with van der Waals surface area (Å²) in [7, 11) is 4.95. The van der Waals surface area contributed by atoms with Crippen LogP contribution in [0, 0.1) is 0 Å². The molecule has 32 heavy (non-hydrogen) atoms. The Morgan fingerprint density at radius 1 is 0.875 bits per heavy atom. The molecule has 0 aliphatic carbocycles. The molecule has 2 heterocycles. The summed E-state index contributed by atoms with van der Waals surface area (Å²) in [5, 5.41) is 7.66. The second kappa shape index (κ2) is 8.28. The SMILES string of the molecule is COc1ccc(C2=NN3[C@H](C2)c2cc(Cl)ccc2O[C@H]3c2cc(OC)ccc2OC)cc1. The van der Waals surface area contributed by atoms with E-state index in [0.29, 0.717) is 10.8 Å². The van der Waals surface area contributed by atoms with E-state index in [4.69, 9.17) is 35.6 Å². The van der Waals surface area contributed by atoms with Crippen LogP contribution >= 0.6 is 11.6 Å². The predicted molar refractivity (Wildman–Crippen MR) is 123 cm³/mol. The van der Waals surface area contributed by atoms with Crippen LogP contribution in [-0.2, 0) is 0 Å². The van der Waals surface area contributed by atoms with Crippen molar-refractivity contribution in [3.8, 4) is 23.0 Å². The Bertz CT molecular complexity index is 1180. The molecule has 2 atom stereocenters. The first-order valence-electron chi connectivity index (χ1n) is 10.3. The molecule has 0 saturated heterocycles. The van der Waals surface area contributed by atoms with Gasteiger partial charge in [-0.15, -0.1) is 0 Å². The van der Waals surface area contributed by atoms with Crippen molar-refractivity contribution >= 4 is 17.3 Å². The number of hydrazone groups is 1. The lowest BCUT2D eigenvalue weighted by molar-refractivity contribution is -0.0204. The Morgan fingerprint density at radius 3 is 2.34 bits per heavy atom. The van der Waals surface area contributed by atoms with Gasteiger partial charge in [0.1, 0.15) is 23.0 Å². The average molecular weight is 451 g/mol. The van der Waals surface area contributed by atoms with Gasteiger partial charge in [-0.25, -0.2) is 5.01 Å². The van der Waals surface area contributed by atoms with Crippen LogP contribution in [0.4, 0.5) is 0 Å². The zero-order chi connectivity index (χ0) is 22.2. The fraction of sp³-hybridized carbons (Fsp3) is 0.240. The first-order chi connectivity index (χ1) is 15.6. The summed E-state index contributed by atoms with van der Waals surface area (Å²) in [6.45, 7) is 0. The molecule has 0 saturated carbocycles. The van der Waals surface area contributed by atoms with Crippen LogP contribution in [-0.4, -0.2) is 32.0 Å². The minimum atomic E-state index is -0.477. The molecule has 0 amide bonds. The smallest absolute Gasteiger partial charge is 0.217 e. The van der Waals surface area contributed by atoms with Gasteiger partial charge in [-0.3, -0.25) is 0 Å². The molecule has 0 bridgehead atoms. The fourth-order valence-electron chi connectivity index (χ4n) is 4.25. The summed E-state index contributed by atoms with van der Waals surface area (Å²) < 4.78 is 22.9. The van der Waals surface area contributed by atoms with Crippen molar-refractivity contribution in [2.75, 3.05) is 21.3 Å². The average Bonchev–Trinajstić information content (AvgIpc) is 3.29. The highest BCUT2D eigenvalue weighted by Crippen LogP contribution is 2.49. The highest BCUT2D eigenvalue weighted by atomic mass is 35.5. The van der Waals surface area contributed by atoms with Gasteiger partial charge < -0.3 is 18.9 Å². The summed E-state index contributed by atoms with van der Waals surface area (Å²) in [6.07, 6.45) is 0.251. The number of halogens is 1. The van der Waals surface area contributed by atoms with Gasteiger partial charge in [-0.2, -0.15) is 5.10 Å². The van der Waals surface area contributed by atoms with E-state index in [2.05, 4.69) is 0 Å². The maximum atomic E-state index is 6.45. The second-order valence-electron chi connectivity index (χ2n) is 7.64. The van der Waals surface area contributed by atoms with Crippen molar-refractivity contribution in [1.82, 2.24) is 5.01 Å². The third-order valence-electron chi connectivity index (χ3n) is 5.88. The largest absolute Gasteiger partial charge is 0.497 e. The van der Waals surface area contributed by atoms with Crippen molar-refractivity contribution in [2.45, 2.75) is 18.7 Å². The molecule has 2 aliphatic heterocycles. The Labute approximate surface area is 191 Å². The molecular weight excluding hydrogens is 428 g/mol. The first kappa shape index (κ1) is 20.5. The molecule has 0 spiro atoms. The molecule has 3 aromatic carbocycles. The molecular formula is C25H23ClN2O4. The third-order valence-corrected chi connectivity index (χ3v) is 6.11. The lowest BCUT2D eigenvalue weighted by atomic mass is 9.95. The van der Waals surface area contributed by atoms with Gasteiger partial charge in [0.05, 0.1) is 38.6 Å². The van der Waals surface area contributed by atoms with E-state index in [9.17, 15) is 0 Å². The molecule has 6 nitrogen and oxygen atoms in total. The Kier molecular flexibility index (Phi) is 5.31. The molecule has 7 heteroatoms. The fourth-order valence-corrected chi connectivity index (χ4v) is 4.43. The Balaban J connectivity index is 1.61. The number of fused-ring (bicyclic) bond motifs is 3. The monoisotopic (exact) mass is 450 g/mol. The maximum absolute atomic E-state index is 6.45. The third kappa shape index (κ3) is 3.50. The number of methoxy groups -OCH3 is 3. The van der Waals surface area contributed by atoms with Crippen molar-refractivity contribution in [2.24, 2.45) is 5.10 Å². The van der Waals surface area contributed by atoms with Crippen LogP contribution in [0.3, 0.4) is 0 Å². The maximum Gasteiger partial charge on any atom is 0.217 e. The lowest BCUT2D eigenvalue weighted by Crippen LogP contribution is -2.34. The number of hydrogen-bond acceptors (Lipinski definition) is 6. The standard InChI is InChI=1S/C25H23ClN2O4/c1-29-17-7-4-15(5-8-17)21-14-22-19-12-16(26)6-10-24(19)32-25(28(22)27-21)20-13-18(30-2)9-11-23(20)31-3/h4-13,22,25H,14H2,1-3H3/t22-,25+/m1/s1. The molecule has 0 aromatic heterocycles. The van der Waals surface area contributed by atoms with Crippen molar-refractivity contribution in [1.29, 1.82) is 0 Å². The molecule has 0 fully saturated rings. The van der Waals surface area contributed by atoms with E-state index in [1.165, 1.54) is 0 Å². The number of hydrogen-bond donors (Lipinski definition) is 0. The van der Waals surface area contributed by atoms with E-state index in [-0.39, 0.29) is 6.04 Å². The summed E-state index contributed by atoms with van der Waals surface area (Å²) in [4.78, 5) is 0. The summed E-state index contributed by atoms with van der Waals surface area (Å²) in [6, 6.07) is 19.3. The van der Waals surface area contributed by atoms with E-state index in [1.54, 1.807) is 21.3 Å². The Morgan fingerprint density at radius 2 is 1.62 bits per heavy atom. The highest BCUT2D eigenvalue weighted by Gasteiger charge is 2.42. The van der Waals surface area contributed by atoms with Gasteiger partial charge in [0.25, 0.3) is 0 Å². The van der Waals surface area contributed by atoms with Crippen LogP contribution in [0.25, 0.3) is 0 Å². The van der Waals surface area contributed by atoms with Crippen molar-refractivity contribution in [3.63, 3.8) is 0 Å². The highest BCUT2D eigenvalue weighted by molar-refractivity contribution is 6.30. The van der Waals surface area contributed by atoms with Gasteiger partial charge in [0.15, 0.2) is 0 Å². The number of ether oxygens (including phenoxy) is 4. The molecule has 0 N–H and O–H groups in total. The summed E-state index contributed by atoms with van der Waals surface area (Å²) in [5.41, 5.74) is 3.88. The molecule has 5 rings (SSSR count). The van der Waals surface area contributed by atoms with Crippen LogP contribution < -0.4 is 18.9 Å². The molecule has 2 aliphatic rings. The zero-order valence-corrected chi connectivity index (χ0v) is 18.8. The van der Waals surface area contributed by atoms with Crippen LogP contribution in [0.2, 0.25) is 5.02 Å². The topological polar surface area (TPSA) is 52.5 Å². The minimum absolute atomic E-state index is 0.0181. The van der Waals surface area contributed by atoms with Crippen LogP contribution in [0.15, 0.2) is 65.8 Å². The van der Waals surface area contributed by atoms with E-state index >= 15 is 0 Å². The van der Waals surface area contributed by atoms with Crippen molar-refractivity contribution < 1.29 is 18.9 Å². The second-order valence-corrected chi connectivity index (χ2v) is 8.07. The number of rotatable bonds is 5. The minimum Gasteiger partial charge on any atom is -0.497 e. The number of nitrogens with zero attached hydrogens (tertiary/aromatic N) is 2. The molecule has 0 unspecified atom stereocenters. The molecule has 0 radical (unpaired) electrons. The Hall–Kier alpha value is -3.38. The number of benzene rings is 3. The zero-order valence-electron chi connectivity index (χ0n) is 18.0. The normalized spacial score (nSPS) is 18.9. The van der Waals surface area contributed by atoms with E-state index < -0.39 is 6.23 Å². The van der Waals surface area contributed by atoms with Gasteiger partial charge in [0, 0.05) is 17.0 Å². The van der Waals surface area contributed by atoms with Crippen LogP contribution in [0.1, 0.15) is 35.4 Å². The van der Waals surface area contributed by atoms with Gasteiger partial charge in [-0.05, 0) is 66.2 Å². The summed E-state index contributed by atoms with van der Waals surface area (Å²) >= 11 is 6.33. The quantitative estimate of drug-likeness (QED) is 0.505. The van der Waals surface area contributed by atoms with E-state index in [0.717, 1.165) is 46.1 Å². The lowest BCUT2D eigenvalue weighted by Gasteiger charge is -2.38. The van der Waals surface area contributed by atoms with Crippen molar-refractivity contribution in [3.05, 3.63) is 82.4 Å². The summed E-state index contributed by atoms with van der Waals surface area (Å²) in [5.74, 6) is 3.03. The van der Waals surface area contributed by atoms with E-state index in [1.807, 2.05) is 65.7 Å². The van der Waals surface area contributed by atoms with Gasteiger partial charge in [-0.1, -0.05) is 11.6 Å².